The van der Waals surface area contributed by atoms with E-state index in [0.29, 0.717) is 12.8 Å². The number of carbonyl (C=O) groups excluding carboxylic acids is 4. The van der Waals surface area contributed by atoms with Crippen LogP contribution in [0.15, 0.2) is 29.2 Å². The first-order valence-corrected chi connectivity index (χ1v) is 7.26. The number of aliphatic hydroxyl groups is 1. The molecule has 1 aromatic rings. The summed E-state index contributed by atoms with van der Waals surface area (Å²) in [6.07, 6.45) is 1.25. The minimum absolute atomic E-state index is 0. The number of hydrogen-bond acceptors (Lipinski definition) is 8. The van der Waals surface area contributed by atoms with Gasteiger partial charge in [0.05, 0.1) is 20.2 Å². The maximum absolute atomic E-state index is 11.4. The molecule has 26 heavy (non-hydrogen) atoms. The van der Waals surface area contributed by atoms with Crippen LogP contribution in [0.4, 0.5) is 0 Å². The third kappa shape index (κ3) is 18.7. The summed E-state index contributed by atoms with van der Waals surface area (Å²) in [5, 5.41) is 5.80. The van der Waals surface area contributed by atoms with Crippen molar-refractivity contribution in [2.24, 2.45) is 0 Å². The van der Waals surface area contributed by atoms with Crippen LogP contribution in [-0.4, -0.2) is 66.6 Å². The van der Waals surface area contributed by atoms with E-state index in [-0.39, 0.29) is 47.3 Å². The maximum Gasteiger partial charge on any atom is 1.00 e. The summed E-state index contributed by atoms with van der Waals surface area (Å²) >= 11 is 0. The molecule has 0 aliphatic carbocycles. The molecule has 0 bridgehead atoms. The zero-order chi connectivity index (χ0) is 26.0. The number of amides is 4. The van der Waals surface area contributed by atoms with Gasteiger partial charge in [0.2, 0.25) is 14.3 Å². The fourth-order valence-electron chi connectivity index (χ4n) is 0.803. The van der Waals surface area contributed by atoms with E-state index in [0.717, 1.165) is 10.5 Å². The van der Waals surface area contributed by atoms with Crippen molar-refractivity contribution in [3.05, 3.63) is 35.1 Å². The molecule has 0 radical (unpaired) electrons. The molecule has 0 saturated carbocycles. The van der Waals surface area contributed by atoms with Crippen molar-refractivity contribution in [2.75, 3.05) is 21.1 Å². The number of carbonyl (C=O) groups is 4. The Labute approximate surface area is 184 Å². The number of rotatable bonds is 6. The molecule has 0 aromatic heterocycles. The van der Waals surface area contributed by atoms with E-state index in [2.05, 4.69) is 14.6 Å². The monoisotopic (exact) mass is 407 g/mol. The SMILES string of the molecule is CN(C=O)C=O.O=C[N-]C=O.[2H]C([2H])([2H])OS(=O)(=O)c1ccc(C)cc1.[2H]OC([2H])([2H])[2H].[Na+]. The van der Waals surface area contributed by atoms with Gasteiger partial charge < -0.3 is 20.0 Å². The topological polar surface area (TPSA) is 149 Å². The van der Waals surface area contributed by atoms with E-state index < -0.39 is 24.2 Å². The Morgan fingerprint density at radius 1 is 1.15 bits per heavy atom. The van der Waals surface area contributed by atoms with Gasteiger partial charge in [-0.3, -0.25) is 18.7 Å². The molecule has 0 heterocycles. The van der Waals surface area contributed by atoms with Gasteiger partial charge in [-0.1, -0.05) is 17.7 Å². The quantitative estimate of drug-likeness (QED) is 0.295. The van der Waals surface area contributed by atoms with E-state index in [9.17, 15) is 18.0 Å². The van der Waals surface area contributed by atoms with E-state index in [4.69, 9.17) is 19.2 Å². The summed E-state index contributed by atoms with van der Waals surface area (Å²) in [4.78, 5) is 37.6. The van der Waals surface area contributed by atoms with Gasteiger partial charge in [-0.15, -0.1) is 0 Å². The second-order valence-corrected chi connectivity index (χ2v) is 5.13. The third-order valence-electron chi connectivity index (χ3n) is 1.87. The van der Waals surface area contributed by atoms with Crippen LogP contribution in [0.3, 0.4) is 0 Å². The first-order valence-electron chi connectivity index (χ1n) is 9.26. The van der Waals surface area contributed by atoms with Crippen LogP contribution in [0.2, 0.25) is 0 Å². The van der Waals surface area contributed by atoms with Crippen LogP contribution in [0, 0.1) is 6.92 Å². The fraction of sp³-hybridized carbons (Fsp3) is 0.286. The first-order chi connectivity index (χ1) is 14.5. The van der Waals surface area contributed by atoms with Gasteiger partial charge in [0.1, 0.15) is 0 Å². The van der Waals surface area contributed by atoms with Crippen molar-refractivity contribution < 1.29 is 74.7 Å². The van der Waals surface area contributed by atoms with Gasteiger partial charge in [-0.05, 0) is 19.1 Å². The molecular weight excluding hydrogens is 379 g/mol. The standard InChI is InChI=1S/C8H10O3S.C3H5NO2.C2H3NO2.CH4O.Na/c1-7-3-5-8(6-4-7)12(9,10)11-2;1-4(2-5)3-6;4-1-3-2-5;1-2;/h3-6H,1-2H3;2-3H,1H3;1-2H,(H,3,4,5);2H,1H3;/q;;;;+1/p-1/i2D3;;;1D3,2D;. The number of benzene rings is 1. The van der Waals surface area contributed by atoms with Crippen molar-refractivity contribution in [1.29, 1.82) is 1.43 Å². The van der Waals surface area contributed by atoms with E-state index in [1.165, 1.54) is 19.2 Å². The summed E-state index contributed by atoms with van der Waals surface area (Å²) in [5.41, 5.74) is 0.878. The summed E-state index contributed by atoms with van der Waals surface area (Å²) in [6.45, 7) is 1.79. The summed E-state index contributed by atoms with van der Waals surface area (Å²) < 4.78 is 71.0. The average molecular weight is 407 g/mol. The normalized spacial score (nSPS) is 13.1. The minimum atomic E-state index is -4.20. The Morgan fingerprint density at radius 2 is 1.62 bits per heavy atom. The predicted octanol–water partition coefficient (Wildman–Crippen LogP) is -3.15. The molecule has 0 atom stereocenters. The van der Waals surface area contributed by atoms with Crippen LogP contribution in [0.5, 0.6) is 0 Å². The van der Waals surface area contributed by atoms with Crippen molar-refractivity contribution in [1.82, 2.24) is 4.90 Å². The van der Waals surface area contributed by atoms with Crippen LogP contribution in [0.1, 0.15) is 13.8 Å². The molecule has 4 amide bonds. The zero-order valence-electron chi connectivity index (χ0n) is 21.2. The number of imide groups is 2. The van der Waals surface area contributed by atoms with Crippen LogP contribution in [0.25, 0.3) is 5.32 Å². The molecule has 0 aliphatic rings. The van der Waals surface area contributed by atoms with Gasteiger partial charge >= 0.3 is 29.6 Å². The number of aryl methyl sites for hydroxylation is 1. The Kier molecular flexibility index (Phi) is 14.6. The van der Waals surface area contributed by atoms with Gasteiger partial charge in [-0.25, -0.2) is 0 Å². The number of hydrogen-bond donors (Lipinski definition) is 1. The van der Waals surface area contributed by atoms with Crippen molar-refractivity contribution in [2.45, 2.75) is 11.8 Å². The molecule has 142 valence electrons. The second-order valence-electron chi connectivity index (χ2n) is 3.59. The molecule has 1 N–H and O–H groups in total. The Bertz CT molecular complexity index is 776. The van der Waals surface area contributed by atoms with Gasteiger partial charge in [0.15, 0.2) is 0 Å². The largest absolute Gasteiger partial charge is 1.00 e. The molecule has 0 unspecified atom stereocenters. The van der Waals surface area contributed by atoms with E-state index in [1.807, 2.05) is 0 Å². The van der Waals surface area contributed by atoms with Crippen LogP contribution >= 0.6 is 0 Å². The summed E-state index contributed by atoms with van der Waals surface area (Å²) in [5.74, 6) is 0. The predicted molar refractivity (Wildman–Crippen MR) is 88.9 cm³/mol. The Morgan fingerprint density at radius 3 is 1.85 bits per heavy atom. The average Bonchev–Trinajstić information content (AvgIpc) is 2.67. The van der Waals surface area contributed by atoms with E-state index >= 15 is 0 Å². The molecular formula is C14H21N2NaO8S. The zero-order valence-corrected chi connectivity index (χ0v) is 17.0. The third-order valence-corrected chi connectivity index (χ3v) is 2.94. The second kappa shape index (κ2) is 21.4. The van der Waals surface area contributed by atoms with Crippen molar-refractivity contribution in [3.8, 4) is 0 Å². The molecule has 0 saturated heterocycles. The van der Waals surface area contributed by atoms with Gasteiger partial charge in [0, 0.05) is 26.9 Å². The summed E-state index contributed by atoms with van der Waals surface area (Å²) in [7, 11) is -8.32. The molecule has 10 nitrogen and oxygen atoms in total. The molecule has 0 spiro atoms. The Hall–Kier alpha value is -1.63. The smallest absolute Gasteiger partial charge is 0.602 e. The maximum atomic E-state index is 11.4. The fourth-order valence-corrected chi connectivity index (χ4v) is 1.37. The van der Waals surface area contributed by atoms with Crippen LogP contribution < -0.4 is 29.6 Å². The van der Waals surface area contributed by atoms with E-state index in [1.54, 1.807) is 19.1 Å². The van der Waals surface area contributed by atoms with Crippen LogP contribution in [-0.2, 0) is 33.5 Å². The van der Waals surface area contributed by atoms with Gasteiger partial charge in [0.25, 0.3) is 10.1 Å². The molecule has 0 aliphatic heterocycles. The molecule has 0 fully saturated rings. The molecule has 12 heteroatoms. The van der Waals surface area contributed by atoms with Crippen molar-refractivity contribution >= 4 is 35.8 Å². The first kappa shape index (κ1) is 17.8. The molecule has 1 rings (SSSR count). The van der Waals surface area contributed by atoms with Gasteiger partial charge in [-0.2, -0.15) is 8.42 Å². The minimum Gasteiger partial charge on any atom is -0.602 e. The molecule has 1 aromatic carbocycles. The Balaban J connectivity index is -0.000000195. The summed E-state index contributed by atoms with van der Waals surface area (Å²) in [6, 6.07) is 5.73. The number of nitrogens with zero attached hydrogens (tertiary/aromatic N) is 2. The van der Waals surface area contributed by atoms with Crippen molar-refractivity contribution in [3.63, 3.8) is 0 Å².